The topological polar surface area (TPSA) is 90.5 Å². The van der Waals surface area contributed by atoms with Crippen molar-refractivity contribution in [3.8, 4) is 0 Å². The summed E-state index contributed by atoms with van der Waals surface area (Å²) in [7, 11) is 0. The van der Waals surface area contributed by atoms with Crippen molar-refractivity contribution in [3.05, 3.63) is 143 Å². The molecule has 3 N–H and O–H groups in total. The zero-order valence-corrected chi connectivity index (χ0v) is 22.8. The van der Waals surface area contributed by atoms with Crippen LogP contribution < -0.4 is 16.0 Å². The van der Waals surface area contributed by atoms with E-state index >= 15 is 0 Å². The van der Waals surface area contributed by atoms with Gasteiger partial charge in [0.15, 0.2) is 0 Å². The molecule has 41 heavy (non-hydrogen) atoms. The van der Waals surface area contributed by atoms with Crippen molar-refractivity contribution in [2.24, 2.45) is 0 Å². The second kappa shape index (κ2) is 13.5. The monoisotopic (exact) mass is 548 g/mol. The van der Waals surface area contributed by atoms with Crippen LogP contribution in [0.15, 0.2) is 109 Å². The molecule has 3 amide bonds. The fourth-order valence-corrected chi connectivity index (χ4v) is 5.44. The molecule has 7 heteroatoms. The highest BCUT2D eigenvalue weighted by Crippen LogP contribution is 2.28. The fraction of sp³-hybridized carbons (Fsp3) is 0.206. The van der Waals surface area contributed by atoms with E-state index in [1.54, 1.807) is 17.0 Å². The van der Waals surface area contributed by atoms with Crippen molar-refractivity contribution in [2.45, 2.75) is 25.0 Å². The molecule has 2 aliphatic heterocycles. The molecule has 2 atom stereocenters. The third kappa shape index (κ3) is 6.70. The smallest absolute Gasteiger partial charge is 0.255 e. The Morgan fingerprint density at radius 2 is 1.37 bits per heavy atom. The molecule has 2 heterocycles. The number of fused-ring (bicyclic) bond motifs is 2. The number of hydrogen-bond donors (Lipinski definition) is 3. The van der Waals surface area contributed by atoms with Crippen LogP contribution in [-0.4, -0.2) is 42.8 Å². The van der Waals surface area contributed by atoms with E-state index in [0.29, 0.717) is 30.6 Å². The van der Waals surface area contributed by atoms with E-state index in [-0.39, 0.29) is 19.3 Å². The van der Waals surface area contributed by atoms with Crippen molar-refractivity contribution in [2.75, 3.05) is 19.6 Å². The largest absolute Gasteiger partial charge is 0.350 e. The minimum Gasteiger partial charge on any atom is -0.350 e. The third-order valence-corrected chi connectivity index (χ3v) is 7.51. The molecular formula is C34H36N4O3. The van der Waals surface area contributed by atoms with Gasteiger partial charge in [-0.15, -0.1) is 0 Å². The maximum Gasteiger partial charge on any atom is 0.255 e. The summed E-state index contributed by atoms with van der Waals surface area (Å²) in [6, 6.07) is 35.0. The first-order chi connectivity index (χ1) is 20.2. The SMILES string of the molecule is O=C(NC[C@@H]1NCCc2ccccc21)c1ccccc1.O=CN[C@H]1c2ccccc2CCN1C(=O)c1ccccc1.[HH]. The molecule has 0 saturated carbocycles. The molecule has 4 aromatic rings. The van der Waals surface area contributed by atoms with Crippen molar-refractivity contribution < 1.29 is 15.8 Å². The highest BCUT2D eigenvalue weighted by atomic mass is 16.2. The number of nitrogens with one attached hydrogen (secondary N) is 3. The fourth-order valence-electron chi connectivity index (χ4n) is 5.44. The van der Waals surface area contributed by atoms with Crippen LogP contribution in [0.5, 0.6) is 0 Å². The highest BCUT2D eigenvalue weighted by Gasteiger charge is 2.30. The van der Waals surface area contributed by atoms with Gasteiger partial charge in [0.25, 0.3) is 11.8 Å². The molecule has 0 spiro atoms. The average Bonchev–Trinajstić information content (AvgIpc) is 3.04. The first kappa shape index (κ1) is 27.8. The van der Waals surface area contributed by atoms with Gasteiger partial charge in [0.1, 0.15) is 6.17 Å². The van der Waals surface area contributed by atoms with Crippen LogP contribution in [0.25, 0.3) is 0 Å². The van der Waals surface area contributed by atoms with Crippen LogP contribution >= 0.6 is 0 Å². The zero-order valence-electron chi connectivity index (χ0n) is 22.8. The summed E-state index contributed by atoms with van der Waals surface area (Å²) in [5.74, 6) is -0.0834. The summed E-state index contributed by atoms with van der Waals surface area (Å²) in [6.07, 6.45) is 2.10. The van der Waals surface area contributed by atoms with Gasteiger partial charge in [0, 0.05) is 31.7 Å². The van der Waals surface area contributed by atoms with Gasteiger partial charge in [-0.2, -0.15) is 0 Å². The van der Waals surface area contributed by atoms with Crippen molar-refractivity contribution in [1.29, 1.82) is 0 Å². The van der Waals surface area contributed by atoms with E-state index in [4.69, 9.17) is 0 Å². The van der Waals surface area contributed by atoms with E-state index in [0.717, 1.165) is 24.9 Å². The van der Waals surface area contributed by atoms with Crippen LogP contribution in [0, 0.1) is 0 Å². The quantitative estimate of drug-likeness (QED) is 0.305. The van der Waals surface area contributed by atoms with Gasteiger partial charge in [-0.3, -0.25) is 14.4 Å². The van der Waals surface area contributed by atoms with Crippen LogP contribution in [-0.2, 0) is 17.6 Å². The molecule has 0 bridgehead atoms. The molecule has 0 aliphatic carbocycles. The van der Waals surface area contributed by atoms with Gasteiger partial charge in [0.05, 0.1) is 0 Å². The molecule has 0 saturated heterocycles. The number of hydrogen-bond acceptors (Lipinski definition) is 4. The predicted molar refractivity (Wildman–Crippen MR) is 161 cm³/mol. The Labute approximate surface area is 242 Å². The Hall–Kier alpha value is -4.75. The predicted octanol–water partition coefficient (Wildman–Crippen LogP) is 4.68. The Kier molecular flexibility index (Phi) is 9.19. The highest BCUT2D eigenvalue weighted by molar-refractivity contribution is 5.95. The van der Waals surface area contributed by atoms with Gasteiger partial charge in [-0.1, -0.05) is 84.9 Å². The molecule has 4 aromatic carbocycles. The molecule has 2 aliphatic rings. The molecular weight excluding hydrogens is 512 g/mol. The van der Waals surface area contributed by atoms with Gasteiger partial charge in [0.2, 0.25) is 6.41 Å². The minimum atomic E-state index is -0.403. The maximum absolute atomic E-state index is 12.7. The second-order valence-corrected chi connectivity index (χ2v) is 10.0. The lowest BCUT2D eigenvalue weighted by Gasteiger charge is -2.36. The first-order valence-corrected chi connectivity index (χ1v) is 13.9. The molecule has 210 valence electrons. The lowest BCUT2D eigenvalue weighted by molar-refractivity contribution is -0.111. The lowest BCUT2D eigenvalue weighted by atomic mass is 9.94. The molecule has 0 fully saturated rings. The van der Waals surface area contributed by atoms with Gasteiger partial charge in [-0.05, 0) is 65.9 Å². The average molecular weight is 549 g/mol. The summed E-state index contributed by atoms with van der Waals surface area (Å²) in [5, 5.41) is 9.24. The number of nitrogens with zero attached hydrogens (tertiary/aromatic N) is 1. The normalized spacial score (nSPS) is 17.1. The van der Waals surface area contributed by atoms with Crippen LogP contribution in [0.2, 0.25) is 0 Å². The first-order valence-electron chi connectivity index (χ1n) is 13.9. The number of benzene rings is 4. The summed E-state index contributed by atoms with van der Waals surface area (Å²) in [4.78, 5) is 37.4. The standard InChI is InChI=1S/C17H16N2O2.C17H18N2O.H2/c20-12-18-16-15-9-5-4-6-13(15)10-11-19(16)17(21)14-7-2-1-3-8-14;20-17(14-7-2-1-3-8-14)19-12-16-15-9-5-4-6-13(15)10-11-18-16;/h1-9,12,16H,10-11H2,(H,18,20);1-9,16,18H,10-12H2,(H,19,20);1H/t2*16-;/m10./s1. The Morgan fingerprint density at radius 3 is 2.05 bits per heavy atom. The van der Waals surface area contributed by atoms with Crippen LogP contribution in [0.3, 0.4) is 0 Å². The molecule has 0 radical (unpaired) electrons. The summed E-state index contributed by atoms with van der Waals surface area (Å²) in [6.45, 7) is 2.17. The van der Waals surface area contributed by atoms with Crippen LogP contribution in [0.4, 0.5) is 0 Å². The Morgan fingerprint density at radius 1 is 0.780 bits per heavy atom. The maximum atomic E-state index is 12.7. The summed E-state index contributed by atoms with van der Waals surface area (Å²) >= 11 is 0. The Bertz CT molecular complexity index is 1480. The van der Waals surface area contributed by atoms with E-state index in [2.05, 4.69) is 40.2 Å². The van der Waals surface area contributed by atoms with Crippen molar-refractivity contribution in [3.63, 3.8) is 0 Å². The van der Waals surface area contributed by atoms with Crippen molar-refractivity contribution in [1.82, 2.24) is 20.9 Å². The van der Waals surface area contributed by atoms with Gasteiger partial charge < -0.3 is 20.9 Å². The Balaban J connectivity index is 0.000000189. The minimum absolute atomic E-state index is 0. The van der Waals surface area contributed by atoms with Crippen LogP contribution in [0.1, 0.15) is 56.6 Å². The molecule has 0 unspecified atom stereocenters. The summed E-state index contributed by atoms with van der Waals surface area (Å²) < 4.78 is 0. The second-order valence-electron chi connectivity index (χ2n) is 10.0. The van der Waals surface area contributed by atoms with E-state index < -0.39 is 6.17 Å². The zero-order chi connectivity index (χ0) is 28.4. The molecule has 0 aromatic heterocycles. The van der Waals surface area contributed by atoms with Gasteiger partial charge >= 0.3 is 0 Å². The van der Waals surface area contributed by atoms with E-state index in [9.17, 15) is 14.4 Å². The van der Waals surface area contributed by atoms with E-state index in [1.807, 2.05) is 72.8 Å². The molecule has 6 rings (SSSR count). The molecule has 7 nitrogen and oxygen atoms in total. The summed E-state index contributed by atoms with van der Waals surface area (Å²) in [5.41, 5.74) is 6.18. The number of carbonyl (C=O) groups excluding carboxylic acids is 3. The van der Waals surface area contributed by atoms with E-state index in [1.165, 1.54) is 16.7 Å². The number of amides is 3. The lowest BCUT2D eigenvalue weighted by Crippen LogP contribution is -2.46. The van der Waals surface area contributed by atoms with Gasteiger partial charge in [-0.25, -0.2) is 0 Å². The number of rotatable bonds is 6. The van der Waals surface area contributed by atoms with Crippen molar-refractivity contribution >= 4 is 18.2 Å². The third-order valence-electron chi connectivity index (χ3n) is 7.51. The number of carbonyl (C=O) groups is 3.